The fourth-order valence-corrected chi connectivity index (χ4v) is 2.90. The number of aliphatic hydroxyl groups excluding tert-OH is 1. The van der Waals surface area contributed by atoms with Crippen LogP contribution in [0.15, 0.2) is 12.2 Å². The van der Waals surface area contributed by atoms with E-state index >= 15 is 0 Å². The predicted octanol–water partition coefficient (Wildman–Crippen LogP) is 3.05. The van der Waals surface area contributed by atoms with Crippen LogP contribution in [0.3, 0.4) is 0 Å². The summed E-state index contributed by atoms with van der Waals surface area (Å²) >= 11 is 0. The third-order valence-electron chi connectivity index (χ3n) is 4.30. The summed E-state index contributed by atoms with van der Waals surface area (Å²) in [5.74, 6) is 1.17. The Bertz CT molecular complexity index is 341. The molecule has 0 heterocycles. The predicted molar refractivity (Wildman–Crippen MR) is 89.6 cm³/mol. The molecule has 0 aliphatic heterocycles. The Kier molecular flexibility index (Phi) is 9.41. The molecule has 0 spiro atoms. The van der Waals surface area contributed by atoms with Crippen molar-refractivity contribution < 1.29 is 14.6 Å². The van der Waals surface area contributed by atoms with Gasteiger partial charge in [-0.2, -0.15) is 0 Å². The van der Waals surface area contributed by atoms with Gasteiger partial charge in [-0.05, 0) is 50.4 Å². The van der Waals surface area contributed by atoms with E-state index in [2.05, 4.69) is 31.3 Å². The minimum Gasteiger partial charge on any atom is -0.390 e. The number of amides is 1. The second-order valence-corrected chi connectivity index (χ2v) is 6.74. The van der Waals surface area contributed by atoms with Gasteiger partial charge < -0.3 is 15.2 Å². The molecule has 0 bridgehead atoms. The number of hydrogen-bond donors (Lipinski definition) is 2. The van der Waals surface area contributed by atoms with Gasteiger partial charge in [0, 0.05) is 20.1 Å². The lowest BCUT2D eigenvalue weighted by Crippen LogP contribution is -2.39. The molecular formula is C18H33NO3. The average Bonchev–Trinajstić information content (AvgIpc) is 2.49. The van der Waals surface area contributed by atoms with Crippen molar-refractivity contribution in [3.63, 3.8) is 0 Å². The van der Waals surface area contributed by atoms with Crippen LogP contribution in [0.2, 0.25) is 0 Å². The molecule has 0 aromatic rings. The van der Waals surface area contributed by atoms with Crippen LogP contribution in [-0.2, 0) is 9.53 Å². The minimum atomic E-state index is -0.351. The van der Waals surface area contributed by atoms with Crippen LogP contribution in [0.1, 0.15) is 58.8 Å². The normalized spacial score (nSPS) is 25.8. The fraction of sp³-hybridized carbons (Fsp3) is 0.833. The Hall–Kier alpha value is -0.870. The molecule has 3 atom stereocenters. The van der Waals surface area contributed by atoms with E-state index in [0.717, 1.165) is 38.5 Å². The molecule has 4 nitrogen and oxygen atoms in total. The maximum atomic E-state index is 11.8. The zero-order valence-corrected chi connectivity index (χ0v) is 14.4. The van der Waals surface area contributed by atoms with Crippen molar-refractivity contribution in [2.24, 2.45) is 11.8 Å². The van der Waals surface area contributed by atoms with Gasteiger partial charge in [-0.15, -0.1) is 0 Å². The molecule has 1 saturated carbocycles. The largest absolute Gasteiger partial charge is 0.390 e. The Labute approximate surface area is 135 Å². The van der Waals surface area contributed by atoms with Crippen LogP contribution in [0.4, 0.5) is 0 Å². The summed E-state index contributed by atoms with van der Waals surface area (Å²) in [4.78, 5) is 11.8. The average molecular weight is 311 g/mol. The van der Waals surface area contributed by atoms with Crippen molar-refractivity contribution in [1.29, 1.82) is 0 Å². The molecule has 0 radical (unpaired) electrons. The number of carbonyl (C=O) groups excluding carboxylic acids is 1. The van der Waals surface area contributed by atoms with E-state index in [1.165, 1.54) is 0 Å². The van der Waals surface area contributed by atoms with Gasteiger partial charge in [-0.1, -0.05) is 26.0 Å². The summed E-state index contributed by atoms with van der Waals surface area (Å²) in [6.07, 6.45) is 10.2. The Balaban J connectivity index is 2.08. The number of rotatable bonds is 9. The Morgan fingerprint density at radius 3 is 2.82 bits per heavy atom. The quantitative estimate of drug-likeness (QED) is 0.508. The third-order valence-corrected chi connectivity index (χ3v) is 4.30. The highest BCUT2D eigenvalue weighted by Crippen LogP contribution is 2.25. The smallest absolute Gasteiger partial charge is 0.220 e. The van der Waals surface area contributed by atoms with E-state index in [1.54, 1.807) is 7.11 Å². The lowest BCUT2D eigenvalue weighted by molar-refractivity contribution is -0.121. The highest BCUT2D eigenvalue weighted by atomic mass is 16.5. The zero-order chi connectivity index (χ0) is 16.4. The van der Waals surface area contributed by atoms with Gasteiger partial charge in [-0.25, -0.2) is 0 Å². The second kappa shape index (κ2) is 10.8. The third kappa shape index (κ3) is 7.95. The molecule has 1 aliphatic rings. The van der Waals surface area contributed by atoms with E-state index in [1.807, 2.05) is 0 Å². The van der Waals surface area contributed by atoms with Crippen molar-refractivity contribution in [3.05, 3.63) is 12.2 Å². The van der Waals surface area contributed by atoms with E-state index in [9.17, 15) is 9.90 Å². The lowest BCUT2D eigenvalue weighted by Gasteiger charge is -2.32. The molecule has 1 amide bonds. The number of nitrogens with one attached hydrogen (secondary N) is 1. The molecular weight excluding hydrogens is 278 g/mol. The molecule has 0 aromatic heterocycles. The van der Waals surface area contributed by atoms with Crippen LogP contribution >= 0.6 is 0 Å². The van der Waals surface area contributed by atoms with Gasteiger partial charge in [0.1, 0.15) is 0 Å². The van der Waals surface area contributed by atoms with Crippen molar-refractivity contribution in [3.8, 4) is 0 Å². The molecule has 1 fully saturated rings. The molecule has 3 unspecified atom stereocenters. The first-order valence-corrected chi connectivity index (χ1v) is 8.67. The van der Waals surface area contributed by atoms with Crippen molar-refractivity contribution in [1.82, 2.24) is 5.32 Å². The molecule has 0 aromatic carbocycles. The molecule has 2 N–H and O–H groups in total. The molecule has 128 valence electrons. The molecule has 4 heteroatoms. The summed E-state index contributed by atoms with van der Waals surface area (Å²) in [7, 11) is 1.64. The van der Waals surface area contributed by atoms with Crippen LogP contribution in [0.25, 0.3) is 0 Å². The first-order valence-electron chi connectivity index (χ1n) is 8.67. The maximum absolute atomic E-state index is 11.8. The summed E-state index contributed by atoms with van der Waals surface area (Å²) in [6.45, 7) is 5.04. The van der Waals surface area contributed by atoms with E-state index in [4.69, 9.17) is 4.74 Å². The van der Waals surface area contributed by atoms with E-state index in [0.29, 0.717) is 24.8 Å². The second-order valence-electron chi connectivity index (χ2n) is 6.74. The van der Waals surface area contributed by atoms with Crippen LogP contribution in [0, 0.1) is 11.8 Å². The van der Waals surface area contributed by atoms with Gasteiger partial charge in [-0.3, -0.25) is 4.79 Å². The number of unbranched alkanes of at least 4 members (excludes halogenated alkanes) is 2. The minimum absolute atomic E-state index is 0.0802. The molecule has 22 heavy (non-hydrogen) atoms. The number of ether oxygens (including phenoxy) is 1. The maximum Gasteiger partial charge on any atom is 0.220 e. The van der Waals surface area contributed by atoms with Crippen molar-refractivity contribution in [2.45, 2.75) is 71.0 Å². The standard InChI is InChI=1S/C18H33NO3/c1-14(2)8-6-4-5-7-9-18(21)19-13-15-10-11-16(20)17(12-15)22-3/h6,8,14-17,20H,4-5,7,9-13H2,1-3H3,(H,19,21)/b8-6+. The first-order chi connectivity index (χ1) is 10.5. The van der Waals surface area contributed by atoms with Gasteiger partial charge in [0.25, 0.3) is 0 Å². The van der Waals surface area contributed by atoms with E-state index in [-0.39, 0.29) is 18.1 Å². The van der Waals surface area contributed by atoms with Crippen molar-refractivity contribution >= 4 is 5.91 Å². The van der Waals surface area contributed by atoms with Gasteiger partial charge >= 0.3 is 0 Å². The topological polar surface area (TPSA) is 58.6 Å². The SMILES string of the molecule is COC1CC(CNC(=O)CCCC/C=C/C(C)C)CCC1O. The summed E-state index contributed by atoms with van der Waals surface area (Å²) in [6, 6.07) is 0. The lowest BCUT2D eigenvalue weighted by atomic mass is 9.85. The fourth-order valence-electron chi connectivity index (χ4n) is 2.90. The molecule has 1 rings (SSSR count). The van der Waals surface area contributed by atoms with Crippen LogP contribution in [0.5, 0.6) is 0 Å². The number of aliphatic hydroxyl groups is 1. The first kappa shape index (κ1) is 19.2. The highest BCUT2D eigenvalue weighted by molar-refractivity contribution is 5.75. The van der Waals surface area contributed by atoms with E-state index < -0.39 is 0 Å². The summed E-state index contributed by atoms with van der Waals surface area (Å²) < 4.78 is 5.29. The summed E-state index contributed by atoms with van der Waals surface area (Å²) in [5.41, 5.74) is 0. The Morgan fingerprint density at radius 1 is 1.36 bits per heavy atom. The molecule has 1 aliphatic carbocycles. The Morgan fingerprint density at radius 2 is 2.14 bits per heavy atom. The monoisotopic (exact) mass is 311 g/mol. The number of allylic oxidation sites excluding steroid dienone is 2. The van der Waals surface area contributed by atoms with Gasteiger partial charge in [0.2, 0.25) is 5.91 Å². The zero-order valence-electron chi connectivity index (χ0n) is 14.4. The number of hydrogen-bond acceptors (Lipinski definition) is 3. The van der Waals surface area contributed by atoms with Crippen LogP contribution < -0.4 is 5.32 Å². The summed E-state index contributed by atoms with van der Waals surface area (Å²) in [5, 5.41) is 12.8. The van der Waals surface area contributed by atoms with Gasteiger partial charge in [0.15, 0.2) is 0 Å². The van der Waals surface area contributed by atoms with Crippen molar-refractivity contribution in [2.75, 3.05) is 13.7 Å². The van der Waals surface area contributed by atoms with Gasteiger partial charge in [0.05, 0.1) is 12.2 Å². The van der Waals surface area contributed by atoms with Crippen LogP contribution in [-0.4, -0.2) is 36.9 Å². The number of methoxy groups -OCH3 is 1. The number of carbonyl (C=O) groups is 1. The molecule has 0 saturated heterocycles. The highest BCUT2D eigenvalue weighted by Gasteiger charge is 2.29.